The van der Waals surface area contributed by atoms with E-state index in [9.17, 15) is 4.79 Å². The first-order chi connectivity index (χ1) is 11.6. The SMILES string of the molecule is COC(=O)[C@@H](N)Cc1cn(Cc2cccc(C)c2)c2ccccc12. The van der Waals surface area contributed by atoms with Gasteiger partial charge in [0, 0.05) is 30.1 Å². The van der Waals surface area contributed by atoms with Gasteiger partial charge in [-0.25, -0.2) is 0 Å². The number of aryl methyl sites for hydroxylation is 1. The lowest BCUT2D eigenvalue weighted by atomic mass is 10.1. The van der Waals surface area contributed by atoms with Crippen molar-refractivity contribution in [1.29, 1.82) is 0 Å². The summed E-state index contributed by atoms with van der Waals surface area (Å²) < 4.78 is 6.95. The molecule has 1 heterocycles. The van der Waals surface area contributed by atoms with E-state index in [1.165, 1.54) is 18.2 Å². The van der Waals surface area contributed by atoms with Crippen molar-refractivity contribution < 1.29 is 9.53 Å². The Morgan fingerprint density at radius 2 is 2.00 bits per heavy atom. The molecular weight excluding hydrogens is 300 g/mol. The summed E-state index contributed by atoms with van der Waals surface area (Å²) in [7, 11) is 1.36. The van der Waals surface area contributed by atoms with Crippen LogP contribution in [0.15, 0.2) is 54.7 Å². The second-order valence-electron chi connectivity index (χ2n) is 6.12. The van der Waals surface area contributed by atoms with E-state index in [1.54, 1.807) is 0 Å². The third-order valence-corrected chi connectivity index (χ3v) is 4.25. The lowest BCUT2D eigenvalue weighted by Gasteiger charge is -2.08. The molecule has 0 radical (unpaired) electrons. The van der Waals surface area contributed by atoms with E-state index in [1.807, 2.05) is 12.1 Å². The van der Waals surface area contributed by atoms with Gasteiger partial charge in [-0.15, -0.1) is 0 Å². The van der Waals surface area contributed by atoms with Crippen molar-refractivity contribution in [3.63, 3.8) is 0 Å². The second kappa shape index (κ2) is 6.89. The van der Waals surface area contributed by atoms with Gasteiger partial charge in [0.15, 0.2) is 0 Å². The van der Waals surface area contributed by atoms with Gasteiger partial charge in [0.25, 0.3) is 0 Å². The van der Waals surface area contributed by atoms with Crippen LogP contribution in [0.1, 0.15) is 16.7 Å². The molecule has 0 aliphatic heterocycles. The summed E-state index contributed by atoms with van der Waals surface area (Å²) in [5.41, 5.74) is 10.7. The number of hydrogen-bond acceptors (Lipinski definition) is 3. The van der Waals surface area contributed by atoms with E-state index in [0.29, 0.717) is 6.42 Å². The van der Waals surface area contributed by atoms with Crippen LogP contribution in [0.3, 0.4) is 0 Å². The minimum absolute atomic E-state index is 0.384. The summed E-state index contributed by atoms with van der Waals surface area (Å²) in [6, 6.07) is 16.0. The first kappa shape index (κ1) is 16.3. The van der Waals surface area contributed by atoms with Crippen LogP contribution in [-0.2, 0) is 22.5 Å². The topological polar surface area (TPSA) is 57.2 Å². The Hall–Kier alpha value is -2.59. The number of methoxy groups -OCH3 is 1. The fourth-order valence-corrected chi connectivity index (χ4v) is 3.10. The van der Waals surface area contributed by atoms with Gasteiger partial charge in [-0.3, -0.25) is 4.79 Å². The normalized spacial score (nSPS) is 12.3. The van der Waals surface area contributed by atoms with Crippen molar-refractivity contribution in [3.8, 4) is 0 Å². The van der Waals surface area contributed by atoms with E-state index in [2.05, 4.69) is 54.1 Å². The average Bonchev–Trinajstić information content (AvgIpc) is 2.92. The number of esters is 1. The third-order valence-electron chi connectivity index (χ3n) is 4.25. The monoisotopic (exact) mass is 322 g/mol. The molecule has 124 valence electrons. The van der Waals surface area contributed by atoms with E-state index in [4.69, 9.17) is 10.5 Å². The number of rotatable bonds is 5. The highest BCUT2D eigenvalue weighted by molar-refractivity contribution is 5.85. The molecule has 3 rings (SSSR count). The first-order valence-electron chi connectivity index (χ1n) is 8.04. The van der Waals surface area contributed by atoms with Crippen LogP contribution in [-0.4, -0.2) is 23.7 Å². The van der Waals surface area contributed by atoms with Gasteiger partial charge in [0.1, 0.15) is 6.04 Å². The van der Waals surface area contributed by atoms with Crippen molar-refractivity contribution in [2.24, 2.45) is 5.73 Å². The summed E-state index contributed by atoms with van der Waals surface area (Å²) in [5, 5.41) is 1.13. The zero-order chi connectivity index (χ0) is 17.1. The number of nitrogens with two attached hydrogens (primary N) is 1. The fourth-order valence-electron chi connectivity index (χ4n) is 3.10. The van der Waals surface area contributed by atoms with E-state index >= 15 is 0 Å². The Morgan fingerprint density at radius 3 is 2.75 bits per heavy atom. The van der Waals surface area contributed by atoms with Gasteiger partial charge in [0.05, 0.1) is 7.11 Å². The van der Waals surface area contributed by atoms with Gasteiger partial charge in [0.2, 0.25) is 0 Å². The molecule has 1 aromatic heterocycles. The lowest BCUT2D eigenvalue weighted by molar-refractivity contribution is -0.142. The van der Waals surface area contributed by atoms with E-state index < -0.39 is 6.04 Å². The largest absolute Gasteiger partial charge is 0.468 e. The van der Waals surface area contributed by atoms with Crippen molar-refractivity contribution >= 4 is 16.9 Å². The molecule has 24 heavy (non-hydrogen) atoms. The molecule has 0 bridgehead atoms. The van der Waals surface area contributed by atoms with Gasteiger partial charge < -0.3 is 15.0 Å². The van der Waals surface area contributed by atoms with Crippen molar-refractivity contribution in [3.05, 3.63) is 71.4 Å². The van der Waals surface area contributed by atoms with Gasteiger partial charge in [-0.05, 0) is 24.1 Å². The number of carbonyl (C=O) groups excluding carboxylic acids is 1. The molecule has 4 heteroatoms. The molecule has 0 aliphatic carbocycles. The van der Waals surface area contributed by atoms with E-state index in [-0.39, 0.29) is 5.97 Å². The molecule has 2 N–H and O–H groups in total. The summed E-state index contributed by atoms with van der Waals surface area (Å²) in [5.74, 6) is -0.384. The zero-order valence-electron chi connectivity index (χ0n) is 14.0. The Kier molecular flexibility index (Phi) is 4.67. The van der Waals surface area contributed by atoms with Crippen LogP contribution in [0.25, 0.3) is 10.9 Å². The summed E-state index contributed by atoms with van der Waals surface area (Å²) in [6.45, 7) is 2.88. The lowest BCUT2D eigenvalue weighted by Crippen LogP contribution is -2.33. The highest BCUT2D eigenvalue weighted by Gasteiger charge is 2.17. The maximum Gasteiger partial charge on any atom is 0.322 e. The first-order valence-corrected chi connectivity index (χ1v) is 8.04. The number of fused-ring (bicyclic) bond motifs is 1. The maximum absolute atomic E-state index is 11.6. The summed E-state index contributed by atoms with van der Waals surface area (Å²) in [4.78, 5) is 11.6. The molecule has 0 unspecified atom stereocenters. The van der Waals surface area contributed by atoms with Crippen LogP contribution in [0.2, 0.25) is 0 Å². The quantitative estimate of drug-likeness (QED) is 0.735. The molecule has 0 spiro atoms. The standard InChI is InChI=1S/C20H22N2O2/c1-14-6-5-7-15(10-14)12-22-13-16(11-18(21)20(23)24-2)17-8-3-4-9-19(17)22/h3-10,13,18H,11-12,21H2,1-2H3/t18-/m0/s1. The molecule has 0 saturated carbocycles. The maximum atomic E-state index is 11.6. The number of benzene rings is 2. The van der Waals surface area contributed by atoms with Crippen molar-refractivity contribution in [2.45, 2.75) is 25.9 Å². The van der Waals surface area contributed by atoms with Crippen LogP contribution >= 0.6 is 0 Å². The van der Waals surface area contributed by atoms with Crippen molar-refractivity contribution in [1.82, 2.24) is 4.57 Å². The van der Waals surface area contributed by atoms with Gasteiger partial charge in [-0.1, -0.05) is 48.0 Å². The second-order valence-corrected chi connectivity index (χ2v) is 6.12. The molecule has 3 aromatic rings. The molecule has 2 aromatic carbocycles. The summed E-state index contributed by atoms with van der Waals surface area (Å²) >= 11 is 0. The Labute approximate surface area is 141 Å². The molecule has 0 fully saturated rings. The van der Waals surface area contributed by atoms with Crippen LogP contribution in [0, 0.1) is 6.92 Å². The van der Waals surface area contributed by atoms with Crippen LogP contribution < -0.4 is 5.73 Å². The molecule has 1 atom stereocenters. The fraction of sp³-hybridized carbons (Fsp3) is 0.250. The van der Waals surface area contributed by atoms with Gasteiger partial charge in [-0.2, -0.15) is 0 Å². The highest BCUT2D eigenvalue weighted by atomic mass is 16.5. The summed E-state index contributed by atoms with van der Waals surface area (Å²) in [6.07, 6.45) is 2.56. The number of ether oxygens (including phenoxy) is 1. The average molecular weight is 322 g/mol. The Balaban J connectivity index is 1.95. The third kappa shape index (κ3) is 3.34. The Morgan fingerprint density at radius 1 is 1.21 bits per heavy atom. The number of para-hydroxylation sites is 1. The number of carbonyl (C=O) groups is 1. The number of hydrogen-bond donors (Lipinski definition) is 1. The van der Waals surface area contributed by atoms with Crippen LogP contribution in [0.5, 0.6) is 0 Å². The molecule has 0 amide bonds. The van der Waals surface area contributed by atoms with Crippen LogP contribution in [0.4, 0.5) is 0 Å². The minimum Gasteiger partial charge on any atom is -0.468 e. The zero-order valence-corrected chi connectivity index (χ0v) is 14.0. The number of nitrogens with zero attached hydrogens (tertiary/aromatic N) is 1. The molecule has 0 aliphatic rings. The molecular formula is C20H22N2O2. The predicted molar refractivity (Wildman–Crippen MR) is 95.9 cm³/mol. The van der Waals surface area contributed by atoms with Gasteiger partial charge >= 0.3 is 5.97 Å². The number of aromatic nitrogens is 1. The molecule has 4 nitrogen and oxygen atoms in total. The van der Waals surface area contributed by atoms with Crippen molar-refractivity contribution in [2.75, 3.05) is 7.11 Å². The van der Waals surface area contributed by atoms with E-state index in [0.717, 1.165) is 23.0 Å². The minimum atomic E-state index is -0.645. The smallest absolute Gasteiger partial charge is 0.322 e. The Bertz CT molecular complexity index is 867. The highest BCUT2D eigenvalue weighted by Crippen LogP contribution is 2.23. The molecule has 0 saturated heterocycles. The predicted octanol–water partition coefficient (Wildman–Crippen LogP) is 3.04.